The predicted molar refractivity (Wildman–Crippen MR) is 116 cm³/mol. The number of fused-ring (bicyclic) bond motifs is 2. The second-order valence-electron chi connectivity index (χ2n) is 8.45. The number of aryl methyl sites for hydroxylation is 1. The van der Waals surface area contributed by atoms with E-state index in [-0.39, 0.29) is 33.2 Å². The number of anilines is 1. The number of hydrogen-bond acceptors (Lipinski definition) is 7. The van der Waals surface area contributed by atoms with Crippen molar-refractivity contribution >= 4 is 32.2 Å². The summed E-state index contributed by atoms with van der Waals surface area (Å²) in [5.74, 6) is 0.846. The number of nitrogens with zero attached hydrogens (tertiary/aromatic N) is 6. The van der Waals surface area contributed by atoms with Gasteiger partial charge in [0.2, 0.25) is 0 Å². The highest BCUT2D eigenvalue weighted by Crippen LogP contribution is 2.39. The van der Waals surface area contributed by atoms with E-state index in [9.17, 15) is 17.4 Å². The molecule has 0 aromatic carbocycles. The first-order valence-corrected chi connectivity index (χ1v) is 12.0. The molecule has 1 aliphatic carbocycles. The summed E-state index contributed by atoms with van der Waals surface area (Å²) in [4.78, 5) is 12.3. The van der Waals surface area contributed by atoms with Crippen LogP contribution in [0.2, 0.25) is 0 Å². The average molecular weight is 479 g/mol. The van der Waals surface area contributed by atoms with Crippen LogP contribution in [0.1, 0.15) is 32.4 Å². The van der Waals surface area contributed by atoms with E-state index in [0.29, 0.717) is 17.0 Å². The number of aromatic nitrogens is 6. The van der Waals surface area contributed by atoms with E-state index >= 15 is 0 Å². The molecule has 0 amide bonds. The minimum absolute atomic E-state index is 0.00453. The van der Waals surface area contributed by atoms with E-state index in [1.165, 1.54) is 4.52 Å². The van der Waals surface area contributed by atoms with Crippen molar-refractivity contribution in [1.29, 1.82) is 4.78 Å². The van der Waals surface area contributed by atoms with Gasteiger partial charge in [-0.1, -0.05) is 6.92 Å². The highest BCUT2D eigenvalue weighted by Gasteiger charge is 2.38. The summed E-state index contributed by atoms with van der Waals surface area (Å²) in [5.41, 5.74) is -0.127. The Hall–Kier alpha value is -3.22. The van der Waals surface area contributed by atoms with Gasteiger partial charge >= 0.3 is 6.18 Å². The van der Waals surface area contributed by atoms with Crippen LogP contribution >= 0.6 is 0 Å². The molecule has 9 nitrogen and oxygen atoms in total. The van der Waals surface area contributed by atoms with Crippen LogP contribution in [-0.4, -0.2) is 44.6 Å². The van der Waals surface area contributed by atoms with Crippen LogP contribution in [0, 0.1) is 4.78 Å². The third-order valence-corrected chi connectivity index (χ3v) is 7.64. The normalized spacial score (nSPS) is 17.4. The zero-order valence-electron chi connectivity index (χ0n) is 18.1. The van der Waals surface area contributed by atoms with Gasteiger partial charge < -0.3 is 9.88 Å². The maximum atomic E-state index is 13.2. The maximum absolute atomic E-state index is 13.2. The number of rotatable bonds is 5. The van der Waals surface area contributed by atoms with Crippen molar-refractivity contribution in [2.75, 3.05) is 11.1 Å². The summed E-state index contributed by atoms with van der Waals surface area (Å²) in [7, 11) is -1.70. The first-order valence-electron chi connectivity index (χ1n) is 10.3. The molecule has 1 fully saturated rings. The van der Waals surface area contributed by atoms with Crippen LogP contribution in [0.4, 0.5) is 19.0 Å². The van der Waals surface area contributed by atoms with Gasteiger partial charge in [-0.3, -0.25) is 0 Å². The van der Waals surface area contributed by atoms with Gasteiger partial charge in [0.05, 0.1) is 32.5 Å². The molecule has 33 heavy (non-hydrogen) atoms. The topological polar surface area (TPSA) is 114 Å². The van der Waals surface area contributed by atoms with Crippen LogP contribution in [0.5, 0.6) is 0 Å². The Labute approximate surface area is 187 Å². The monoisotopic (exact) mass is 478 g/mol. The third-order valence-electron chi connectivity index (χ3n) is 5.92. The van der Waals surface area contributed by atoms with Crippen LogP contribution in [0.3, 0.4) is 0 Å². The summed E-state index contributed by atoms with van der Waals surface area (Å²) in [6.45, 7) is 3.69. The SMILES string of the molecule is CCS(=N)(=O)c1nn2c(NC3(C)CC3)ccnc2c1-c1nc2cc(C(F)(F)F)ncc2n1C. The Morgan fingerprint density at radius 3 is 2.67 bits per heavy atom. The Morgan fingerprint density at radius 1 is 1.30 bits per heavy atom. The fraction of sp³-hybridized carbons (Fsp3) is 0.400. The quantitative estimate of drug-likeness (QED) is 0.447. The molecule has 0 bridgehead atoms. The molecule has 13 heteroatoms. The van der Waals surface area contributed by atoms with Crippen molar-refractivity contribution in [3.8, 4) is 11.4 Å². The first-order chi connectivity index (χ1) is 15.4. The van der Waals surface area contributed by atoms with Gasteiger partial charge in [-0.05, 0) is 31.9 Å². The molecule has 0 aliphatic heterocycles. The standard InChI is InChI=1S/C20H21F3N8OS/c1-4-33(24,32)18-15(16-25-8-5-14(31(16)29-18)28-19(2)6-7-19)17-27-11-9-13(20(21,22)23)26-10-12(11)30(17)3/h5,8-10,24,28H,4,6-7H2,1-3H3. The Bertz CT molecular complexity index is 1520. The van der Waals surface area contributed by atoms with Gasteiger partial charge in [0.15, 0.2) is 10.7 Å². The fourth-order valence-electron chi connectivity index (χ4n) is 3.67. The van der Waals surface area contributed by atoms with E-state index < -0.39 is 21.6 Å². The summed E-state index contributed by atoms with van der Waals surface area (Å²) in [6, 6.07) is 2.61. The maximum Gasteiger partial charge on any atom is 0.433 e. The molecule has 1 saturated carbocycles. The van der Waals surface area contributed by atoms with Gasteiger partial charge in [-0.2, -0.15) is 22.8 Å². The summed E-state index contributed by atoms with van der Waals surface area (Å²) >= 11 is 0. The van der Waals surface area contributed by atoms with Gasteiger partial charge in [0.25, 0.3) is 0 Å². The molecule has 5 rings (SSSR count). The van der Waals surface area contributed by atoms with Gasteiger partial charge in [-0.25, -0.2) is 23.9 Å². The third kappa shape index (κ3) is 3.50. The fourth-order valence-corrected chi connectivity index (χ4v) is 4.67. The molecule has 4 heterocycles. The molecule has 1 unspecified atom stereocenters. The highest BCUT2D eigenvalue weighted by atomic mass is 32.2. The molecule has 174 valence electrons. The Balaban J connectivity index is 1.80. The van der Waals surface area contributed by atoms with E-state index in [2.05, 4.69) is 32.3 Å². The molecule has 0 spiro atoms. The highest BCUT2D eigenvalue weighted by molar-refractivity contribution is 7.92. The van der Waals surface area contributed by atoms with Gasteiger partial charge in [0, 0.05) is 24.5 Å². The minimum Gasteiger partial charge on any atom is -0.365 e. The molecule has 4 aromatic heterocycles. The summed E-state index contributed by atoms with van der Waals surface area (Å²) in [6.07, 6.45) is 0.0386. The van der Waals surface area contributed by atoms with Crippen LogP contribution < -0.4 is 5.32 Å². The smallest absolute Gasteiger partial charge is 0.365 e. The van der Waals surface area contributed by atoms with Crippen molar-refractivity contribution in [1.82, 2.24) is 29.1 Å². The number of imidazole rings is 1. The van der Waals surface area contributed by atoms with E-state index in [1.807, 2.05) is 0 Å². The lowest BCUT2D eigenvalue weighted by atomic mass is 10.3. The predicted octanol–water partition coefficient (Wildman–Crippen LogP) is 4.09. The van der Waals surface area contributed by atoms with E-state index in [0.717, 1.165) is 25.1 Å². The number of halogens is 3. The lowest BCUT2D eigenvalue weighted by Gasteiger charge is -2.13. The Morgan fingerprint density at radius 2 is 2.03 bits per heavy atom. The number of alkyl halides is 3. The summed E-state index contributed by atoms with van der Waals surface area (Å²) < 4.78 is 64.2. The van der Waals surface area contributed by atoms with Crippen molar-refractivity contribution in [3.05, 3.63) is 30.2 Å². The van der Waals surface area contributed by atoms with Crippen LogP contribution in [-0.2, 0) is 23.0 Å². The van der Waals surface area contributed by atoms with Crippen molar-refractivity contribution in [3.63, 3.8) is 0 Å². The lowest BCUT2D eigenvalue weighted by Crippen LogP contribution is -2.18. The molecule has 1 aliphatic rings. The van der Waals surface area contributed by atoms with E-state index in [1.54, 1.807) is 30.8 Å². The second kappa shape index (κ2) is 6.89. The van der Waals surface area contributed by atoms with Gasteiger partial charge in [-0.15, -0.1) is 0 Å². The minimum atomic E-state index is -4.61. The van der Waals surface area contributed by atoms with Crippen molar-refractivity contribution in [2.45, 2.75) is 43.4 Å². The number of nitrogens with one attached hydrogen (secondary N) is 2. The average Bonchev–Trinajstić information content (AvgIpc) is 3.20. The van der Waals surface area contributed by atoms with Crippen molar-refractivity contribution < 1.29 is 17.4 Å². The molecule has 1 atom stereocenters. The van der Waals surface area contributed by atoms with Gasteiger partial charge in [0.1, 0.15) is 17.3 Å². The lowest BCUT2D eigenvalue weighted by molar-refractivity contribution is -0.141. The summed E-state index contributed by atoms with van der Waals surface area (Å²) in [5, 5.41) is 7.89. The van der Waals surface area contributed by atoms with Crippen LogP contribution in [0.15, 0.2) is 29.6 Å². The zero-order chi connectivity index (χ0) is 23.8. The molecular weight excluding hydrogens is 457 g/mol. The van der Waals surface area contributed by atoms with Crippen molar-refractivity contribution in [2.24, 2.45) is 7.05 Å². The molecule has 0 saturated heterocycles. The van der Waals surface area contributed by atoms with E-state index in [4.69, 9.17) is 4.78 Å². The second-order valence-corrected chi connectivity index (χ2v) is 10.8. The molecule has 0 radical (unpaired) electrons. The first kappa shape index (κ1) is 21.6. The molecular formula is C20H21F3N8OS. The largest absolute Gasteiger partial charge is 0.433 e. The number of pyridine rings is 1. The molecule has 4 aromatic rings. The number of hydrogen-bond donors (Lipinski definition) is 2. The molecule has 2 N–H and O–H groups in total. The Kier molecular flexibility index (Phi) is 4.51. The van der Waals surface area contributed by atoms with Crippen LogP contribution in [0.25, 0.3) is 28.1 Å². The zero-order valence-corrected chi connectivity index (χ0v) is 18.9.